The van der Waals surface area contributed by atoms with Crippen LogP contribution in [0.3, 0.4) is 0 Å². The van der Waals surface area contributed by atoms with Gasteiger partial charge in [0.15, 0.2) is 0 Å². The van der Waals surface area contributed by atoms with Crippen LogP contribution in [0.4, 0.5) is 5.69 Å². The standard InChI is InChI=1S/C17H15ClN2O2/c18-13-5-7-14(8-6-13)19-17(21)12-15(16-4-3-11-22-16)20-9-1-2-10-20/h1-11,15H,12H2,(H,19,21)/t15-/m0/s1. The number of nitrogens with zero attached hydrogens (tertiary/aromatic N) is 1. The number of carbonyl (C=O) groups is 1. The summed E-state index contributed by atoms with van der Waals surface area (Å²) >= 11 is 5.84. The van der Waals surface area contributed by atoms with Gasteiger partial charge in [-0.15, -0.1) is 0 Å². The number of hydrogen-bond acceptors (Lipinski definition) is 2. The molecular weight excluding hydrogens is 300 g/mol. The lowest BCUT2D eigenvalue weighted by molar-refractivity contribution is -0.116. The summed E-state index contributed by atoms with van der Waals surface area (Å²) in [5.41, 5.74) is 0.722. The molecule has 3 aromatic rings. The highest BCUT2D eigenvalue weighted by Crippen LogP contribution is 2.23. The molecule has 3 rings (SSSR count). The average Bonchev–Trinajstić information content (AvgIpc) is 3.21. The molecule has 1 amide bonds. The molecule has 2 heterocycles. The van der Waals surface area contributed by atoms with Crippen LogP contribution in [0.1, 0.15) is 18.2 Å². The van der Waals surface area contributed by atoms with Crippen molar-refractivity contribution in [3.63, 3.8) is 0 Å². The SMILES string of the molecule is O=C(C[C@@H](c1ccco1)n1cccc1)Nc1ccc(Cl)cc1. The van der Waals surface area contributed by atoms with Crippen molar-refractivity contribution < 1.29 is 9.21 Å². The second kappa shape index (κ2) is 6.54. The van der Waals surface area contributed by atoms with Gasteiger partial charge in [0.25, 0.3) is 0 Å². The monoisotopic (exact) mass is 314 g/mol. The Morgan fingerprint density at radius 1 is 1.14 bits per heavy atom. The Labute approximate surface area is 133 Å². The van der Waals surface area contributed by atoms with Crippen LogP contribution < -0.4 is 5.32 Å². The lowest BCUT2D eigenvalue weighted by atomic mass is 10.1. The number of carbonyl (C=O) groups excluding carboxylic acids is 1. The second-order valence-corrected chi connectivity index (χ2v) is 5.36. The molecule has 0 aliphatic heterocycles. The molecule has 0 saturated carbocycles. The first kappa shape index (κ1) is 14.5. The van der Waals surface area contributed by atoms with Crippen LogP contribution in [0.2, 0.25) is 5.02 Å². The van der Waals surface area contributed by atoms with Crippen LogP contribution in [-0.4, -0.2) is 10.5 Å². The van der Waals surface area contributed by atoms with Gasteiger partial charge >= 0.3 is 0 Å². The fraction of sp³-hybridized carbons (Fsp3) is 0.118. The first-order valence-corrected chi connectivity index (χ1v) is 7.31. The van der Waals surface area contributed by atoms with E-state index in [-0.39, 0.29) is 18.4 Å². The van der Waals surface area contributed by atoms with Crippen molar-refractivity contribution in [2.75, 3.05) is 5.32 Å². The van der Waals surface area contributed by atoms with Gasteiger partial charge in [0, 0.05) is 23.1 Å². The van der Waals surface area contributed by atoms with E-state index in [0.717, 1.165) is 11.4 Å². The van der Waals surface area contributed by atoms with Crippen molar-refractivity contribution >= 4 is 23.2 Å². The van der Waals surface area contributed by atoms with E-state index in [2.05, 4.69) is 5.32 Å². The van der Waals surface area contributed by atoms with E-state index in [9.17, 15) is 4.79 Å². The average molecular weight is 315 g/mol. The fourth-order valence-corrected chi connectivity index (χ4v) is 2.44. The topological polar surface area (TPSA) is 47.2 Å². The normalized spacial score (nSPS) is 12.0. The third-order valence-corrected chi connectivity index (χ3v) is 3.62. The van der Waals surface area contributed by atoms with E-state index >= 15 is 0 Å². The summed E-state index contributed by atoms with van der Waals surface area (Å²) in [5.74, 6) is 0.667. The van der Waals surface area contributed by atoms with E-state index in [1.807, 2.05) is 41.2 Å². The van der Waals surface area contributed by atoms with Crippen molar-refractivity contribution in [2.45, 2.75) is 12.5 Å². The number of anilines is 1. The van der Waals surface area contributed by atoms with Gasteiger partial charge in [-0.1, -0.05) is 11.6 Å². The molecule has 0 radical (unpaired) electrons. The zero-order valence-corrected chi connectivity index (χ0v) is 12.5. The Morgan fingerprint density at radius 3 is 2.50 bits per heavy atom. The molecular formula is C17H15ClN2O2. The summed E-state index contributed by atoms with van der Waals surface area (Å²) in [5, 5.41) is 3.51. The predicted octanol–water partition coefficient (Wildman–Crippen LogP) is 4.35. The molecule has 1 aromatic carbocycles. The number of halogens is 1. The van der Waals surface area contributed by atoms with Crippen LogP contribution >= 0.6 is 11.6 Å². The van der Waals surface area contributed by atoms with E-state index < -0.39 is 0 Å². The molecule has 0 unspecified atom stereocenters. The zero-order valence-electron chi connectivity index (χ0n) is 11.8. The molecule has 1 atom stereocenters. The molecule has 0 aliphatic rings. The van der Waals surface area contributed by atoms with Gasteiger partial charge in [-0.3, -0.25) is 4.79 Å². The van der Waals surface area contributed by atoms with E-state index in [1.165, 1.54) is 0 Å². The molecule has 0 aliphatic carbocycles. The van der Waals surface area contributed by atoms with Crippen molar-refractivity contribution in [2.24, 2.45) is 0 Å². The predicted molar refractivity (Wildman–Crippen MR) is 86.0 cm³/mol. The number of amides is 1. The van der Waals surface area contributed by atoms with E-state index in [0.29, 0.717) is 5.02 Å². The third kappa shape index (κ3) is 3.40. The summed E-state index contributed by atoms with van der Waals surface area (Å²) in [7, 11) is 0. The molecule has 0 fully saturated rings. The number of hydrogen-bond donors (Lipinski definition) is 1. The van der Waals surface area contributed by atoms with Gasteiger partial charge in [0.1, 0.15) is 5.76 Å². The minimum absolute atomic E-state index is 0.0857. The minimum Gasteiger partial charge on any atom is -0.467 e. The summed E-state index contributed by atoms with van der Waals surface area (Å²) < 4.78 is 7.43. The number of nitrogens with one attached hydrogen (secondary N) is 1. The molecule has 2 aromatic heterocycles. The van der Waals surface area contributed by atoms with Gasteiger partial charge < -0.3 is 14.3 Å². The smallest absolute Gasteiger partial charge is 0.226 e. The maximum absolute atomic E-state index is 12.3. The van der Waals surface area contributed by atoms with E-state index in [1.54, 1.807) is 30.5 Å². The molecule has 0 bridgehead atoms. The fourth-order valence-electron chi connectivity index (χ4n) is 2.31. The largest absolute Gasteiger partial charge is 0.467 e. The Bertz CT molecular complexity index is 684. The number of benzene rings is 1. The van der Waals surface area contributed by atoms with Crippen LogP contribution in [0, 0.1) is 0 Å². The maximum atomic E-state index is 12.3. The van der Waals surface area contributed by atoms with Crippen molar-refractivity contribution in [3.8, 4) is 0 Å². The minimum atomic E-state index is -0.169. The van der Waals surface area contributed by atoms with Crippen molar-refractivity contribution in [3.05, 3.63) is 78.0 Å². The van der Waals surface area contributed by atoms with Gasteiger partial charge in [-0.2, -0.15) is 0 Å². The maximum Gasteiger partial charge on any atom is 0.226 e. The first-order valence-electron chi connectivity index (χ1n) is 6.93. The molecule has 112 valence electrons. The first-order chi connectivity index (χ1) is 10.7. The highest BCUT2D eigenvalue weighted by molar-refractivity contribution is 6.30. The van der Waals surface area contributed by atoms with Gasteiger partial charge in [-0.05, 0) is 48.5 Å². The highest BCUT2D eigenvalue weighted by atomic mass is 35.5. The summed E-state index contributed by atoms with van der Waals surface area (Å²) in [6.45, 7) is 0. The van der Waals surface area contributed by atoms with E-state index in [4.69, 9.17) is 16.0 Å². The van der Waals surface area contributed by atoms with Crippen LogP contribution in [0.5, 0.6) is 0 Å². The Hall–Kier alpha value is -2.46. The molecule has 1 N–H and O–H groups in total. The molecule has 4 nitrogen and oxygen atoms in total. The quantitative estimate of drug-likeness (QED) is 0.761. The van der Waals surface area contributed by atoms with Crippen LogP contribution in [0.15, 0.2) is 71.6 Å². The zero-order chi connectivity index (χ0) is 15.4. The number of rotatable bonds is 5. The molecule has 0 saturated heterocycles. The Balaban J connectivity index is 1.73. The van der Waals surface area contributed by atoms with Crippen LogP contribution in [-0.2, 0) is 4.79 Å². The third-order valence-electron chi connectivity index (χ3n) is 3.37. The lowest BCUT2D eigenvalue weighted by Crippen LogP contribution is -2.19. The summed E-state index contributed by atoms with van der Waals surface area (Å²) in [6, 6.07) is 14.4. The van der Waals surface area contributed by atoms with Gasteiger partial charge in [0.2, 0.25) is 5.91 Å². The molecule has 0 spiro atoms. The van der Waals surface area contributed by atoms with Gasteiger partial charge in [0.05, 0.1) is 18.7 Å². The number of furan rings is 1. The van der Waals surface area contributed by atoms with Gasteiger partial charge in [-0.25, -0.2) is 0 Å². The second-order valence-electron chi connectivity index (χ2n) is 4.92. The Morgan fingerprint density at radius 2 is 1.86 bits per heavy atom. The summed E-state index contributed by atoms with van der Waals surface area (Å²) in [4.78, 5) is 12.3. The number of aromatic nitrogens is 1. The molecule has 22 heavy (non-hydrogen) atoms. The van der Waals surface area contributed by atoms with Crippen LogP contribution in [0.25, 0.3) is 0 Å². The highest BCUT2D eigenvalue weighted by Gasteiger charge is 2.19. The molecule has 5 heteroatoms. The van der Waals surface area contributed by atoms with Crippen molar-refractivity contribution in [1.82, 2.24) is 4.57 Å². The Kier molecular flexibility index (Phi) is 4.30. The summed E-state index contributed by atoms with van der Waals surface area (Å²) in [6.07, 6.45) is 5.74. The lowest BCUT2D eigenvalue weighted by Gasteiger charge is -2.16. The van der Waals surface area contributed by atoms with Crippen molar-refractivity contribution in [1.29, 1.82) is 0 Å².